The Hall–Kier alpha value is -0.580. The fraction of sp³-hybridized carbons (Fsp3) is 0.444. The first-order chi connectivity index (χ1) is 6.47. The van der Waals surface area contributed by atoms with Gasteiger partial charge >= 0.3 is 6.18 Å². The lowest BCUT2D eigenvalue weighted by molar-refractivity contribution is -0.135. The third-order valence-corrected chi connectivity index (χ3v) is 2.18. The first-order valence-electron chi connectivity index (χ1n) is 4.14. The fourth-order valence-electron chi connectivity index (χ4n) is 1.05. The Bertz CT molecular complexity index is 281. The Labute approximate surface area is 88.5 Å². The number of halogens is 4. The summed E-state index contributed by atoms with van der Waals surface area (Å²) in [6.07, 6.45) is -2.67. The summed E-state index contributed by atoms with van der Waals surface area (Å²) in [6, 6.07) is 3.50. The molecule has 1 nitrogen and oxygen atoms in total. The van der Waals surface area contributed by atoms with E-state index < -0.39 is 12.6 Å². The van der Waals surface area contributed by atoms with Crippen LogP contribution in [-0.4, -0.2) is 11.2 Å². The molecule has 0 saturated heterocycles. The molecule has 0 radical (unpaired) electrons. The molecule has 5 heteroatoms. The molecule has 0 amide bonds. The molecule has 0 aliphatic carbocycles. The van der Waals surface area contributed by atoms with Crippen LogP contribution in [0.15, 0.2) is 22.9 Å². The van der Waals surface area contributed by atoms with E-state index in [1.807, 2.05) is 0 Å². The van der Waals surface area contributed by atoms with Gasteiger partial charge in [-0.05, 0) is 40.4 Å². The summed E-state index contributed by atoms with van der Waals surface area (Å²) in [7, 11) is 0. The smallest absolute Gasteiger partial charge is 0.249 e. The molecule has 1 heterocycles. The second-order valence-corrected chi connectivity index (χ2v) is 3.77. The van der Waals surface area contributed by atoms with E-state index in [2.05, 4.69) is 20.9 Å². The molecule has 1 rings (SSSR count). The monoisotopic (exact) mass is 267 g/mol. The molecule has 0 unspecified atom stereocenters. The Morgan fingerprint density at radius 3 is 2.50 bits per heavy atom. The van der Waals surface area contributed by atoms with E-state index in [4.69, 9.17) is 0 Å². The first-order valence-corrected chi connectivity index (χ1v) is 4.94. The lowest BCUT2D eigenvalue weighted by atomic mass is 10.1. The van der Waals surface area contributed by atoms with Crippen molar-refractivity contribution in [2.45, 2.75) is 25.4 Å². The molecule has 0 aromatic carbocycles. The maximum Gasteiger partial charge on any atom is 0.389 e. The van der Waals surface area contributed by atoms with E-state index in [0.29, 0.717) is 11.0 Å². The molecule has 1 aromatic heterocycles. The van der Waals surface area contributed by atoms with Crippen LogP contribution in [-0.2, 0) is 6.42 Å². The van der Waals surface area contributed by atoms with Gasteiger partial charge in [-0.2, -0.15) is 13.2 Å². The second kappa shape index (κ2) is 4.77. The van der Waals surface area contributed by atoms with Gasteiger partial charge in [0.2, 0.25) is 0 Å². The zero-order valence-electron chi connectivity index (χ0n) is 7.31. The largest absolute Gasteiger partial charge is 0.389 e. The fourth-order valence-corrected chi connectivity index (χ4v) is 1.28. The molecule has 78 valence electrons. The van der Waals surface area contributed by atoms with Crippen molar-refractivity contribution < 1.29 is 13.2 Å². The summed E-state index contributed by atoms with van der Waals surface area (Å²) < 4.78 is 36.1. The summed E-state index contributed by atoms with van der Waals surface area (Å²) in [6.45, 7) is 0. The van der Waals surface area contributed by atoms with E-state index in [-0.39, 0.29) is 6.42 Å². The molecule has 0 aliphatic rings. The van der Waals surface area contributed by atoms with Crippen molar-refractivity contribution in [1.82, 2.24) is 4.98 Å². The summed E-state index contributed by atoms with van der Waals surface area (Å²) in [4.78, 5) is 3.93. The van der Waals surface area contributed by atoms with Crippen molar-refractivity contribution in [1.29, 1.82) is 0 Å². The van der Waals surface area contributed by atoms with Gasteiger partial charge in [0.15, 0.2) is 0 Å². The highest BCUT2D eigenvalue weighted by atomic mass is 79.9. The summed E-state index contributed by atoms with van der Waals surface area (Å²) in [5, 5.41) is 0. The number of pyridine rings is 1. The van der Waals surface area contributed by atoms with Crippen LogP contribution in [0.2, 0.25) is 0 Å². The van der Waals surface area contributed by atoms with E-state index >= 15 is 0 Å². The van der Waals surface area contributed by atoms with E-state index in [9.17, 15) is 13.2 Å². The predicted octanol–water partition coefficient (Wildman–Crippen LogP) is 3.73. The lowest BCUT2D eigenvalue weighted by Crippen LogP contribution is -2.07. The molecule has 0 spiro atoms. The minimum Gasteiger partial charge on any atom is -0.249 e. The molecule has 0 saturated carbocycles. The van der Waals surface area contributed by atoms with Gasteiger partial charge in [-0.1, -0.05) is 6.07 Å². The highest BCUT2D eigenvalue weighted by molar-refractivity contribution is 9.10. The van der Waals surface area contributed by atoms with Crippen molar-refractivity contribution in [3.63, 3.8) is 0 Å². The quantitative estimate of drug-likeness (QED) is 0.761. The van der Waals surface area contributed by atoms with Crippen molar-refractivity contribution in [2.24, 2.45) is 0 Å². The number of hydrogen-bond donors (Lipinski definition) is 0. The van der Waals surface area contributed by atoms with Crippen molar-refractivity contribution in [3.05, 3.63) is 28.5 Å². The average molecular weight is 268 g/mol. The van der Waals surface area contributed by atoms with Gasteiger partial charge in [-0.3, -0.25) is 0 Å². The molecule has 0 aliphatic heterocycles. The molecular weight excluding hydrogens is 259 g/mol. The minimum absolute atomic E-state index is 0.118. The van der Waals surface area contributed by atoms with E-state index in [0.717, 1.165) is 5.56 Å². The summed E-state index contributed by atoms with van der Waals surface area (Å²) in [5.74, 6) is 0. The van der Waals surface area contributed by atoms with Crippen LogP contribution in [0.1, 0.15) is 18.4 Å². The maximum atomic E-state index is 11.8. The maximum absolute atomic E-state index is 11.8. The average Bonchev–Trinajstić information content (AvgIpc) is 2.06. The number of rotatable bonds is 3. The van der Waals surface area contributed by atoms with Crippen LogP contribution in [0, 0.1) is 0 Å². The van der Waals surface area contributed by atoms with Crippen LogP contribution < -0.4 is 0 Å². The zero-order valence-corrected chi connectivity index (χ0v) is 8.90. The second-order valence-electron chi connectivity index (χ2n) is 2.96. The van der Waals surface area contributed by atoms with Crippen molar-refractivity contribution in [2.75, 3.05) is 0 Å². The Kier molecular flexibility index (Phi) is 3.92. The molecule has 0 fully saturated rings. The number of alkyl halides is 3. The Morgan fingerprint density at radius 1 is 1.29 bits per heavy atom. The summed E-state index contributed by atoms with van der Waals surface area (Å²) in [5.41, 5.74) is 0.831. The van der Waals surface area contributed by atoms with Crippen LogP contribution in [0.5, 0.6) is 0 Å². The van der Waals surface area contributed by atoms with Crippen LogP contribution >= 0.6 is 15.9 Å². The third kappa shape index (κ3) is 4.60. The number of aromatic nitrogens is 1. The highest BCUT2D eigenvalue weighted by Gasteiger charge is 2.25. The number of aryl methyl sites for hydroxylation is 1. The van der Waals surface area contributed by atoms with Gasteiger partial charge in [-0.25, -0.2) is 4.98 Å². The van der Waals surface area contributed by atoms with E-state index in [1.165, 1.54) is 0 Å². The van der Waals surface area contributed by atoms with Crippen LogP contribution in [0.4, 0.5) is 13.2 Å². The molecule has 0 atom stereocenters. The van der Waals surface area contributed by atoms with Gasteiger partial charge in [-0.15, -0.1) is 0 Å². The van der Waals surface area contributed by atoms with Gasteiger partial charge in [0.25, 0.3) is 0 Å². The van der Waals surface area contributed by atoms with Crippen LogP contribution in [0.25, 0.3) is 0 Å². The van der Waals surface area contributed by atoms with Crippen molar-refractivity contribution in [3.8, 4) is 0 Å². The molecule has 14 heavy (non-hydrogen) atoms. The van der Waals surface area contributed by atoms with Crippen LogP contribution in [0.3, 0.4) is 0 Å². The number of nitrogens with zero attached hydrogens (tertiary/aromatic N) is 1. The molecular formula is C9H9BrF3N. The molecule has 0 bridgehead atoms. The van der Waals surface area contributed by atoms with Gasteiger partial charge in [0.1, 0.15) is 4.60 Å². The Balaban J connectivity index is 2.35. The SMILES string of the molecule is FC(F)(F)CCCc1ccc(Br)nc1. The number of hydrogen-bond acceptors (Lipinski definition) is 1. The molecule has 1 aromatic rings. The lowest BCUT2D eigenvalue weighted by Gasteiger charge is -2.05. The Morgan fingerprint density at radius 2 is 2.00 bits per heavy atom. The standard InChI is InChI=1S/C9H9BrF3N/c10-8-4-3-7(6-14-8)2-1-5-9(11,12)13/h3-4,6H,1-2,5H2. The topological polar surface area (TPSA) is 12.9 Å². The molecule has 0 N–H and O–H groups in total. The minimum atomic E-state index is -4.05. The van der Waals surface area contributed by atoms with Gasteiger partial charge in [0.05, 0.1) is 0 Å². The zero-order chi connectivity index (χ0) is 10.6. The first kappa shape index (κ1) is 11.5. The highest BCUT2D eigenvalue weighted by Crippen LogP contribution is 2.22. The van der Waals surface area contributed by atoms with E-state index in [1.54, 1.807) is 18.3 Å². The predicted molar refractivity (Wildman–Crippen MR) is 50.9 cm³/mol. The third-order valence-electron chi connectivity index (χ3n) is 1.71. The normalized spacial score (nSPS) is 11.7. The van der Waals surface area contributed by atoms with Crippen molar-refractivity contribution >= 4 is 15.9 Å². The summed E-state index contributed by atoms with van der Waals surface area (Å²) >= 11 is 3.15. The van der Waals surface area contributed by atoms with Gasteiger partial charge < -0.3 is 0 Å². The van der Waals surface area contributed by atoms with Gasteiger partial charge in [0, 0.05) is 12.6 Å².